The van der Waals surface area contributed by atoms with Crippen LogP contribution < -0.4 is 15.1 Å². The Morgan fingerprint density at radius 2 is 1.96 bits per heavy atom. The van der Waals surface area contributed by atoms with Crippen molar-refractivity contribution in [1.29, 1.82) is 0 Å². The van der Waals surface area contributed by atoms with Gasteiger partial charge in [0, 0.05) is 52.4 Å². The number of hydrogen-bond acceptors (Lipinski definition) is 4. The van der Waals surface area contributed by atoms with Crippen LogP contribution >= 0.6 is 0 Å². The van der Waals surface area contributed by atoms with E-state index in [0.717, 1.165) is 49.5 Å². The van der Waals surface area contributed by atoms with Crippen LogP contribution in [0.3, 0.4) is 0 Å². The summed E-state index contributed by atoms with van der Waals surface area (Å²) in [5, 5.41) is 7.69. The van der Waals surface area contributed by atoms with Gasteiger partial charge in [-0.3, -0.25) is 9.48 Å². The highest BCUT2D eigenvalue weighted by atomic mass is 16.2. The fraction of sp³-hybridized carbons (Fsp3) is 0.474. The molecular formula is C19H25N5O. The molecule has 0 aliphatic carbocycles. The molecule has 0 spiro atoms. The molecule has 0 radical (unpaired) electrons. The number of aromatic nitrogens is 2. The summed E-state index contributed by atoms with van der Waals surface area (Å²) in [6.07, 6.45) is 4.90. The number of amides is 1. The molecule has 6 nitrogen and oxygen atoms in total. The Balaban J connectivity index is 1.64. The van der Waals surface area contributed by atoms with E-state index in [-0.39, 0.29) is 17.7 Å². The summed E-state index contributed by atoms with van der Waals surface area (Å²) in [5.74, 6) is 0.372. The van der Waals surface area contributed by atoms with Gasteiger partial charge in [-0.25, -0.2) is 0 Å². The van der Waals surface area contributed by atoms with E-state index >= 15 is 0 Å². The predicted molar refractivity (Wildman–Crippen MR) is 99.0 cm³/mol. The highest BCUT2D eigenvalue weighted by molar-refractivity contribution is 5.99. The van der Waals surface area contributed by atoms with E-state index < -0.39 is 0 Å². The second kappa shape index (κ2) is 6.52. The number of rotatable bonds is 2. The minimum Gasteiger partial charge on any atom is -0.373 e. The molecule has 1 aromatic heterocycles. The lowest BCUT2D eigenvalue weighted by Gasteiger charge is -2.28. The normalized spacial score (nSPS) is 23.4. The van der Waals surface area contributed by atoms with E-state index in [0.29, 0.717) is 0 Å². The summed E-state index contributed by atoms with van der Waals surface area (Å²) in [4.78, 5) is 17.7. The fourth-order valence-electron chi connectivity index (χ4n) is 4.07. The molecule has 2 aliphatic rings. The van der Waals surface area contributed by atoms with Crippen molar-refractivity contribution in [2.75, 3.05) is 43.0 Å². The third-order valence-corrected chi connectivity index (χ3v) is 5.41. The molecule has 0 bridgehead atoms. The zero-order valence-corrected chi connectivity index (χ0v) is 14.9. The minimum absolute atomic E-state index is 0.0411. The van der Waals surface area contributed by atoms with Crippen LogP contribution in [0, 0.1) is 5.92 Å². The molecule has 1 saturated heterocycles. The lowest BCUT2D eigenvalue weighted by molar-refractivity contribution is -0.122. The van der Waals surface area contributed by atoms with Crippen LogP contribution in [-0.2, 0) is 11.8 Å². The lowest BCUT2D eigenvalue weighted by atomic mass is 9.89. The standard InChI is InChI=1S/C19H25N5O/c1-22-8-5-9-24(18-7-4-3-6-17(18)22)19(25)16-12-20-11-15(16)14-10-21-23(2)13-14/h3-4,6-7,10,13,15-16,20H,5,8-9,11-12H2,1-2H3/t15-,16+/m1/s1. The van der Waals surface area contributed by atoms with Gasteiger partial charge in [0.15, 0.2) is 0 Å². The monoisotopic (exact) mass is 339 g/mol. The van der Waals surface area contributed by atoms with Crippen molar-refractivity contribution in [3.63, 3.8) is 0 Å². The van der Waals surface area contributed by atoms with Gasteiger partial charge in [-0.05, 0) is 24.1 Å². The van der Waals surface area contributed by atoms with E-state index in [9.17, 15) is 4.79 Å². The molecule has 1 fully saturated rings. The number of hydrogen-bond donors (Lipinski definition) is 1. The summed E-state index contributed by atoms with van der Waals surface area (Å²) in [6, 6.07) is 8.23. The van der Waals surface area contributed by atoms with Gasteiger partial charge in [-0.1, -0.05) is 12.1 Å². The molecule has 0 unspecified atom stereocenters. The Morgan fingerprint density at radius 3 is 2.72 bits per heavy atom. The molecule has 2 aromatic rings. The maximum absolute atomic E-state index is 13.5. The molecule has 0 saturated carbocycles. The molecule has 2 atom stereocenters. The third-order valence-electron chi connectivity index (χ3n) is 5.41. The Labute approximate surface area is 148 Å². The van der Waals surface area contributed by atoms with E-state index in [1.807, 2.05) is 41.2 Å². The van der Waals surface area contributed by atoms with E-state index in [4.69, 9.17) is 0 Å². The van der Waals surface area contributed by atoms with Gasteiger partial charge in [0.1, 0.15) is 0 Å². The van der Waals surface area contributed by atoms with Gasteiger partial charge in [-0.15, -0.1) is 0 Å². The van der Waals surface area contributed by atoms with Gasteiger partial charge in [0.05, 0.1) is 23.5 Å². The topological polar surface area (TPSA) is 53.4 Å². The van der Waals surface area contributed by atoms with Crippen molar-refractivity contribution >= 4 is 17.3 Å². The van der Waals surface area contributed by atoms with Crippen LogP contribution in [-0.4, -0.2) is 48.9 Å². The SMILES string of the molecule is CN1CCCN(C(=O)[C@H]2CNC[C@@H]2c2cnn(C)c2)c2ccccc21. The molecule has 25 heavy (non-hydrogen) atoms. The molecule has 4 rings (SSSR count). The number of anilines is 2. The van der Waals surface area contributed by atoms with Crippen LogP contribution in [0.2, 0.25) is 0 Å². The van der Waals surface area contributed by atoms with E-state index in [1.54, 1.807) is 0 Å². The van der Waals surface area contributed by atoms with Gasteiger partial charge in [0.2, 0.25) is 5.91 Å². The Morgan fingerprint density at radius 1 is 1.16 bits per heavy atom. The van der Waals surface area contributed by atoms with Crippen molar-refractivity contribution in [1.82, 2.24) is 15.1 Å². The maximum atomic E-state index is 13.5. The summed E-state index contributed by atoms with van der Waals surface area (Å²) >= 11 is 0. The summed E-state index contributed by atoms with van der Waals surface area (Å²) in [7, 11) is 4.02. The number of carbonyl (C=O) groups excluding carboxylic acids is 1. The summed E-state index contributed by atoms with van der Waals surface area (Å²) in [6.45, 7) is 3.30. The Kier molecular flexibility index (Phi) is 4.21. The van der Waals surface area contributed by atoms with Crippen LogP contribution in [0.4, 0.5) is 11.4 Å². The average molecular weight is 339 g/mol. The molecule has 1 aromatic carbocycles. The average Bonchev–Trinajstić information content (AvgIpc) is 3.23. The maximum Gasteiger partial charge on any atom is 0.232 e. The molecule has 2 aliphatic heterocycles. The number of fused-ring (bicyclic) bond motifs is 1. The number of benzene rings is 1. The van der Waals surface area contributed by atoms with Crippen LogP contribution in [0.15, 0.2) is 36.7 Å². The third kappa shape index (κ3) is 2.91. The summed E-state index contributed by atoms with van der Waals surface area (Å²) < 4.78 is 1.81. The smallest absolute Gasteiger partial charge is 0.232 e. The lowest BCUT2D eigenvalue weighted by Crippen LogP contribution is -2.39. The second-order valence-corrected chi connectivity index (χ2v) is 7.07. The number of nitrogens with one attached hydrogen (secondary N) is 1. The first-order valence-electron chi connectivity index (χ1n) is 8.96. The Hall–Kier alpha value is -2.34. The van der Waals surface area contributed by atoms with Crippen LogP contribution in [0.25, 0.3) is 0 Å². The van der Waals surface area contributed by atoms with Crippen molar-refractivity contribution in [2.45, 2.75) is 12.3 Å². The highest BCUT2D eigenvalue weighted by Crippen LogP contribution is 2.35. The zero-order valence-electron chi connectivity index (χ0n) is 14.9. The number of carbonyl (C=O) groups is 1. The van der Waals surface area contributed by atoms with Crippen molar-refractivity contribution in [3.8, 4) is 0 Å². The van der Waals surface area contributed by atoms with Gasteiger partial charge in [-0.2, -0.15) is 5.10 Å². The zero-order chi connectivity index (χ0) is 17.4. The first-order valence-corrected chi connectivity index (χ1v) is 8.96. The Bertz CT molecular complexity index is 771. The van der Waals surface area contributed by atoms with Crippen molar-refractivity contribution in [2.24, 2.45) is 13.0 Å². The van der Waals surface area contributed by atoms with Gasteiger partial charge < -0.3 is 15.1 Å². The number of para-hydroxylation sites is 2. The first-order chi connectivity index (χ1) is 12.1. The van der Waals surface area contributed by atoms with E-state index in [1.165, 1.54) is 0 Å². The second-order valence-electron chi connectivity index (χ2n) is 7.07. The molecule has 6 heteroatoms. The molecule has 1 amide bonds. The van der Waals surface area contributed by atoms with Gasteiger partial charge in [0.25, 0.3) is 0 Å². The quantitative estimate of drug-likeness (QED) is 0.903. The minimum atomic E-state index is -0.0411. The molecule has 1 N–H and O–H groups in total. The van der Waals surface area contributed by atoms with Crippen molar-refractivity contribution < 1.29 is 4.79 Å². The fourth-order valence-corrected chi connectivity index (χ4v) is 4.07. The number of aryl methyl sites for hydroxylation is 1. The van der Waals surface area contributed by atoms with E-state index in [2.05, 4.69) is 34.5 Å². The molecular weight excluding hydrogens is 314 g/mol. The largest absolute Gasteiger partial charge is 0.373 e. The first kappa shape index (κ1) is 16.1. The van der Waals surface area contributed by atoms with Crippen molar-refractivity contribution in [3.05, 3.63) is 42.2 Å². The number of nitrogens with zero attached hydrogens (tertiary/aromatic N) is 4. The van der Waals surface area contributed by atoms with Crippen LogP contribution in [0.1, 0.15) is 17.9 Å². The highest BCUT2D eigenvalue weighted by Gasteiger charge is 2.38. The molecule has 3 heterocycles. The van der Waals surface area contributed by atoms with Crippen LogP contribution in [0.5, 0.6) is 0 Å². The molecule has 132 valence electrons. The van der Waals surface area contributed by atoms with Gasteiger partial charge >= 0.3 is 0 Å². The predicted octanol–water partition coefficient (Wildman–Crippen LogP) is 1.60. The summed E-state index contributed by atoms with van der Waals surface area (Å²) in [5.41, 5.74) is 3.31.